The van der Waals surface area contributed by atoms with Crippen LogP contribution in [0.15, 0.2) is 16.6 Å². The van der Waals surface area contributed by atoms with Crippen molar-refractivity contribution in [3.05, 3.63) is 28.8 Å². The van der Waals surface area contributed by atoms with Crippen LogP contribution >= 0.6 is 0 Å². The molecule has 1 N–H and O–H groups in total. The predicted octanol–water partition coefficient (Wildman–Crippen LogP) is 4.87. The molecule has 0 bridgehead atoms. The van der Waals surface area contributed by atoms with Gasteiger partial charge in [0.2, 0.25) is 0 Å². The molecule has 11 heteroatoms. The van der Waals surface area contributed by atoms with Gasteiger partial charge in [0.05, 0.1) is 31.4 Å². The number of hydrogen-bond donors (Lipinski definition) is 1. The van der Waals surface area contributed by atoms with Gasteiger partial charge in [-0.05, 0) is 65.4 Å². The zero-order valence-corrected chi connectivity index (χ0v) is 23.1. The number of methoxy groups -OCH3 is 1. The van der Waals surface area contributed by atoms with E-state index in [1.54, 1.807) is 37.5 Å². The van der Waals surface area contributed by atoms with Crippen molar-refractivity contribution in [2.24, 2.45) is 10.9 Å². The number of likely N-dealkylation sites (tertiary alicyclic amines) is 1. The standard InChI is InChI=1S/C28H37F2N3O6/c1-6-38-26(35)19(13-31-17-9-10-17)24(34)18-12-20(29)23(25(37-5)22(18)30)32-14-16-8-7-11-33(21(16)15-32)27(36)39-28(2,3)4/h12-13,16-17,21,34H,6-11,14-15H2,1-5H3/t16-,21+/m0/s1. The van der Waals surface area contributed by atoms with Gasteiger partial charge in [-0.15, -0.1) is 0 Å². The van der Waals surface area contributed by atoms with E-state index in [0.717, 1.165) is 38.0 Å². The van der Waals surface area contributed by atoms with Crippen LogP contribution in [0.5, 0.6) is 5.75 Å². The lowest BCUT2D eigenvalue weighted by atomic mass is 9.92. The first-order valence-electron chi connectivity index (χ1n) is 13.4. The second-order valence-electron chi connectivity index (χ2n) is 11.1. The van der Waals surface area contributed by atoms with Gasteiger partial charge in [0.25, 0.3) is 0 Å². The second kappa shape index (κ2) is 11.4. The van der Waals surface area contributed by atoms with Gasteiger partial charge in [0.1, 0.15) is 22.6 Å². The molecule has 1 amide bonds. The van der Waals surface area contributed by atoms with Crippen LogP contribution in [0.25, 0.3) is 5.76 Å². The lowest BCUT2D eigenvalue weighted by molar-refractivity contribution is -0.137. The lowest BCUT2D eigenvalue weighted by Crippen LogP contribution is -2.50. The molecule has 3 fully saturated rings. The summed E-state index contributed by atoms with van der Waals surface area (Å²) in [7, 11) is 1.21. The third-order valence-electron chi connectivity index (χ3n) is 7.04. The van der Waals surface area contributed by atoms with Gasteiger partial charge in [0, 0.05) is 25.8 Å². The molecule has 1 saturated carbocycles. The molecule has 9 nitrogen and oxygen atoms in total. The number of esters is 1. The van der Waals surface area contributed by atoms with E-state index in [9.17, 15) is 14.7 Å². The van der Waals surface area contributed by atoms with Crippen LogP contribution in [0.4, 0.5) is 19.3 Å². The van der Waals surface area contributed by atoms with Crippen LogP contribution in [0.2, 0.25) is 0 Å². The largest absolute Gasteiger partial charge is 0.506 e. The molecular weight excluding hydrogens is 512 g/mol. The number of ether oxygens (including phenoxy) is 3. The minimum absolute atomic E-state index is 0.0275. The van der Waals surface area contributed by atoms with E-state index in [0.29, 0.717) is 13.1 Å². The highest BCUT2D eigenvalue weighted by Crippen LogP contribution is 2.42. The third-order valence-corrected chi connectivity index (χ3v) is 7.04. The molecule has 4 rings (SSSR count). The average molecular weight is 550 g/mol. The molecule has 1 aromatic carbocycles. The molecule has 39 heavy (non-hydrogen) atoms. The molecule has 2 atom stereocenters. The zero-order chi connectivity index (χ0) is 28.5. The van der Waals surface area contributed by atoms with E-state index < -0.39 is 46.4 Å². The number of hydrogen-bond acceptors (Lipinski definition) is 8. The summed E-state index contributed by atoms with van der Waals surface area (Å²) in [5, 5.41) is 10.9. The number of aliphatic imine (C=N–C) groups is 1. The van der Waals surface area contributed by atoms with Crippen LogP contribution in [-0.2, 0) is 14.3 Å². The van der Waals surface area contributed by atoms with E-state index in [1.807, 2.05) is 0 Å². The summed E-state index contributed by atoms with van der Waals surface area (Å²) in [4.78, 5) is 32.9. The number of nitrogens with zero attached hydrogens (tertiary/aromatic N) is 3. The van der Waals surface area contributed by atoms with E-state index in [4.69, 9.17) is 14.2 Å². The van der Waals surface area contributed by atoms with Crippen LogP contribution in [-0.4, -0.2) is 79.3 Å². The number of carbonyl (C=O) groups is 2. The summed E-state index contributed by atoms with van der Waals surface area (Å²) >= 11 is 0. The molecule has 1 aromatic rings. The van der Waals surface area contributed by atoms with Gasteiger partial charge < -0.3 is 29.1 Å². The number of aliphatic hydroxyl groups is 1. The topological polar surface area (TPSA) is 101 Å². The maximum Gasteiger partial charge on any atom is 0.410 e. The monoisotopic (exact) mass is 549 g/mol. The summed E-state index contributed by atoms with van der Waals surface area (Å²) in [6.07, 6.45) is 4.03. The maximum atomic E-state index is 15.8. The number of aliphatic hydroxyl groups excluding tert-OH is 1. The van der Waals surface area contributed by atoms with Gasteiger partial charge >= 0.3 is 12.1 Å². The molecule has 2 heterocycles. The number of rotatable bonds is 7. The molecule has 2 aliphatic heterocycles. The van der Waals surface area contributed by atoms with Crippen LogP contribution in [0.3, 0.4) is 0 Å². The van der Waals surface area contributed by atoms with Crippen LogP contribution in [0.1, 0.15) is 58.9 Å². The minimum atomic E-state index is -1.02. The molecule has 0 aromatic heterocycles. The Morgan fingerprint density at radius 1 is 1.21 bits per heavy atom. The molecule has 1 aliphatic carbocycles. The van der Waals surface area contributed by atoms with Crippen molar-refractivity contribution in [2.75, 3.05) is 38.3 Å². The summed E-state index contributed by atoms with van der Waals surface area (Å²) in [6.45, 7) is 8.20. The zero-order valence-electron chi connectivity index (χ0n) is 23.1. The fourth-order valence-electron chi connectivity index (χ4n) is 5.12. The summed E-state index contributed by atoms with van der Waals surface area (Å²) in [5.41, 5.74) is -1.66. The van der Waals surface area contributed by atoms with E-state index in [2.05, 4.69) is 4.99 Å². The molecule has 3 aliphatic rings. The fourth-order valence-corrected chi connectivity index (χ4v) is 5.12. The number of carbonyl (C=O) groups excluding carboxylic acids is 2. The number of fused-ring (bicyclic) bond motifs is 1. The first-order valence-corrected chi connectivity index (χ1v) is 13.4. The average Bonchev–Trinajstić information content (AvgIpc) is 3.59. The summed E-state index contributed by atoms with van der Waals surface area (Å²) in [6, 6.07) is 0.641. The van der Waals surface area contributed by atoms with Crippen molar-refractivity contribution >= 4 is 29.7 Å². The lowest BCUT2D eigenvalue weighted by Gasteiger charge is -2.37. The van der Waals surface area contributed by atoms with Crippen molar-refractivity contribution in [1.29, 1.82) is 0 Å². The van der Waals surface area contributed by atoms with Crippen LogP contribution in [0, 0.1) is 17.6 Å². The summed E-state index contributed by atoms with van der Waals surface area (Å²) in [5.74, 6) is -3.90. The smallest absolute Gasteiger partial charge is 0.410 e. The van der Waals surface area contributed by atoms with Gasteiger partial charge in [-0.2, -0.15) is 0 Å². The Bertz CT molecular complexity index is 1170. The number of piperidine rings is 1. The third kappa shape index (κ3) is 6.28. The first-order chi connectivity index (χ1) is 18.4. The van der Waals surface area contributed by atoms with Gasteiger partial charge in [-0.3, -0.25) is 4.99 Å². The summed E-state index contributed by atoms with van der Waals surface area (Å²) < 4.78 is 47.4. The predicted molar refractivity (Wildman–Crippen MR) is 142 cm³/mol. The number of anilines is 1. The molecule has 0 radical (unpaired) electrons. The Kier molecular flexibility index (Phi) is 8.37. The molecule has 214 valence electrons. The Balaban J connectivity index is 1.68. The van der Waals surface area contributed by atoms with Crippen molar-refractivity contribution < 1.29 is 37.7 Å². The highest BCUT2D eigenvalue weighted by molar-refractivity contribution is 6.15. The van der Waals surface area contributed by atoms with E-state index in [-0.39, 0.29) is 42.4 Å². The molecule has 0 spiro atoms. The van der Waals surface area contributed by atoms with Crippen molar-refractivity contribution in [1.82, 2.24) is 4.90 Å². The Morgan fingerprint density at radius 2 is 1.92 bits per heavy atom. The van der Waals surface area contributed by atoms with Gasteiger partial charge in [0.15, 0.2) is 17.4 Å². The second-order valence-corrected chi connectivity index (χ2v) is 11.1. The minimum Gasteiger partial charge on any atom is -0.506 e. The Hall–Kier alpha value is -3.37. The quantitative estimate of drug-likeness (QED) is 0.224. The number of benzene rings is 1. The SMILES string of the molecule is CCOC(=O)C(C=NC1CC1)=C(O)c1cc(F)c(N2C[C@@H]3CCCN(C(=O)OC(C)(C)C)[C@@H]3C2)c(OC)c1F. The molecule has 2 saturated heterocycles. The Labute approximate surface area is 227 Å². The number of halogens is 2. The van der Waals surface area contributed by atoms with E-state index in [1.165, 1.54) is 7.11 Å². The number of amides is 1. The maximum absolute atomic E-state index is 15.8. The highest BCUT2D eigenvalue weighted by Gasteiger charge is 2.44. The van der Waals surface area contributed by atoms with Gasteiger partial charge in [-0.25, -0.2) is 18.4 Å². The normalized spacial score (nSPS) is 22.0. The molecular formula is C28H37F2N3O6. The highest BCUT2D eigenvalue weighted by atomic mass is 19.1. The first kappa shape index (κ1) is 28.6. The van der Waals surface area contributed by atoms with E-state index >= 15 is 8.78 Å². The van der Waals surface area contributed by atoms with Crippen molar-refractivity contribution in [2.45, 2.75) is 71.1 Å². The molecule has 0 unspecified atom stereocenters. The van der Waals surface area contributed by atoms with Crippen molar-refractivity contribution in [3.63, 3.8) is 0 Å². The fraction of sp³-hybridized carbons (Fsp3) is 0.607. The van der Waals surface area contributed by atoms with Crippen LogP contribution < -0.4 is 9.64 Å². The van der Waals surface area contributed by atoms with Gasteiger partial charge in [-0.1, -0.05) is 0 Å². The Morgan fingerprint density at radius 3 is 2.54 bits per heavy atom. The van der Waals surface area contributed by atoms with Crippen molar-refractivity contribution in [3.8, 4) is 5.75 Å².